The van der Waals surface area contributed by atoms with Crippen LogP contribution in [-0.4, -0.2) is 23.4 Å². The van der Waals surface area contributed by atoms with Gasteiger partial charge in [0.15, 0.2) is 0 Å². The maximum Gasteiger partial charge on any atom is 0.236 e. The van der Waals surface area contributed by atoms with Crippen molar-refractivity contribution in [2.24, 2.45) is 5.41 Å². The van der Waals surface area contributed by atoms with E-state index in [0.717, 1.165) is 25.8 Å². The molecule has 0 aromatic rings. The van der Waals surface area contributed by atoms with Gasteiger partial charge in [0.25, 0.3) is 0 Å². The number of hydrogen-bond acceptors (Lipinski definition) is 1. The second-order valence-electron chi connectivity index (χ2n) is 5.81. The van der Waals surface area contributed by atoms with Crippen molar-refractivity contribution in [3.63, 3.8) is 0 Å². The highest BCUT2D eigenvalue weighted by Gasteiger charge is 2.40. The molecule has 100 valence electrons. The minimum absolute atomic E-state index is 0.308. The molecule has 2 atom stereocenters. The summed E-state index contributed by atoms with van der Waals surface area (Å²) in [6, 6.07) is 0.474. The molecule has 0 saturated carbocycles. The molecule has 0 N–H and O–H groups in total. The molecule has 0 aromatic carbocycles. The second kappa shape index (κ2) is 5.29. The van der Waals surface area contributed by atoms with Crippen LogP contribution in [0.2, 0.25) is 0 Å². The topological polar surface area (TPSA) is 20.3 Å². The quantitative estimate of drug-likeness (QED) is 0.696. The van der Waals surface area contributed by atoms with Crippen LogP contribution in [0.3, 0.4) is 0 Å². The number of carbonyl (C=O) groups excluding carboxylic acids is 1. The van der Waals surface area contributed by atoms with Gasteiger partial charge in [0.2, 0.25) is 5.91 Å². The fraction of sp³-hybridized carbons (Fsp3) is 0.688. The summed E-state index contributed by atoms with van der Waals surface area (Å²) in [7, 11) is 0. The third-order valence-electron chi connectivity index (χ3n) is 4.53. The largest absolute Gasteiger partial charge is 0.339 e. The predicted octanol–water partition coefficient (Wildman–Crippen LogP) is 3.69. The van der Waals surface area contributed by atoms with Gasteiger partial charge < -0.3 is 4.90 Å². The zero-order valence-electron chi connectivity index (χ0n) is 11.9. The van der Waals surface area contributed by atoms with E-state index in [1.807, 2.05) is 0 Å². The van der Waals surface area contributed by atoms with E-state index in [9.17, 15) is 4.79 Å². The molecule has 1 aliphatic carbocycles. The first-order valence-corrected chi connectivity index (χ1v) is 7.25. The Morgan fingerprint density at radius 3 is 3.00 bits per heavy atom. The van der Waals surface area contributed by atoms with Gasteiger partial charge in [-0.2, -0.15) is 0 Å². The molecule has 2 aliphatic rings. The maximum absolute atomic E-state index is 12.9. The van der Waals surface area contributed by atoms with Gasteiger partial charge >= 0.3 is 0 Å². The van der Waals surface area contributed by atoms with E-state index in [1.165, 1.54) is 18.4 Å². The number of likely N-dealkylation sites (tertiary alicyclic amines) is 1. The Morgan fingerprint density at radius 1 is 1.56 bits per heavy atom. The molecule has 2 rings (SSSR count). The Balaban J connectivity index is 2.17. The third kappa shape index (κ3) is 2.25. The summed E-state index contributed by atoms with van der Waals surface area (Å²) in [6.45, 7) is 7.30. The average Bonchev–Trinajstić information content (AvgIpc) is 2.81. The Bertz CT molecular complexity index is 383. The van der Waals surface area contributed by atoms with Crippen molar-refractivity contribution in [1.29, 1.82) is 0 Å². The number of carbonyl (C=O) groups is 1. The van der Waals surface area contributed by atoms with Crippen LogP contribution in [0.4, 0.5) is 0 Å². The van der Waals surface area contributed by atoms with Crippen LogP contribution >= 0.6 is 0 Å². The van der Waals surface area contributed by atoms with Crippen LogP contribution in [0.5, 0.6) is 0 Å². The number of nitrogens with zero attached hydrogens (tertiary/aromatic N) is 1. The van der Waals surface area contributed by atoms with E-state index >= 15 is 0 Å². The fourth-order valence-electron chi connectivity index (χ4n) is 3.17. The van der Waals surface area contributed by atoms with Crippen molar-refractivity contribution in [3.8, 4) is 0 Å². The molecular formula is C16H25NO. The van der Waals surface area contributed by atoms with E-state index < -0.39 is 5.41 Å². The lowest BCUT2D eigenvalue weighted by Gasteiger charge is -2.35. The van der Waals surface area contributed by atoms with Crippen LogP contribution in [-0.2, 0) is 4.79 Å². The lowest BCUT2D eigenvalue weighted by molar-refractivity contribution is -0.138. The van der Waals surface area contributed by atoms with Crippen molar-refractivity contribution in [2.45, 2.75) is 58.9 Å². The van der Waals surface area contributed by atoms with Gasteiger partial charge in [0.05, 0.1) is 5.41 Å². The third-order valence-corrected chi connectivity index (χ3v) is 4.53. The summed E-state index contributed by atoms with van der Waals surface area (Å²) in [6.07, 6.45) is 12.0. The van der Waals surface area contributed by atoms with E-state index in [2.05, 4.69) is 43.9 Å². The van der Waals surface area contributed by atoms with E-state index in [0.29, 0.717) is 11.9 Å². The summed E-state index contributed by atoms with van der Waals surface area (Å²) >= 11 is 0. The summed E-state index contributed by atoms with van der Waals surface area (Å²) < 4.78 is 0. The van der Waals surface area contributed by atoms with Crippen LogP contribution < -0.4 is 0 Å². The standard InChI is InChI=1S/C16H25NO/c1-4-8-14-10-7-12-17(14)15(18)16(3)11-6-5-9-13(16)2/h6,9,11,14H,4-5,7-8,10,12H2,1-3H3/t14-,16+/m1/s1. The van der Waals surface area contributed by atoms with Crippen molar-refractivity contribution in [2.75, 3.05) is 6.54 Å². The first-order valence-electron chi connectivity index (χ1n) is 7.25. The first kappa shape index (κ1) is 13.4. The van der Waals surface area contributed by atoms with Crippen molar-refractivity contribution in [1.82, 2.24) is 4.90 Å². The van der Waals surface area contributed by atoms with Crippen molar-refractivity contribution >= 4 is 5.91 Å². The van der Waals surface area contributed by atoms with Gasteiger partial charge in [0.1, 0.15) is 0 Å². The minimum Gasteiger partial charge on any atom is -0.339 e. The number of amides is 1. The van der Waals surface area contributed by atoms with E-state index in [1.54, 1.807) is 0 Å². The number of rotatable bonds is 3. The van der Waals surface area contributed by atoms with Gasteiger partial charge in [-0.05, 0) is 39.5 Å². The Morgan fingerprint density at radius 2 is 2.33 bits per heavy atom. The van der Waals surface area contributed by atoms with Crippen molar-refractivity contribution < 1.29 is 4.79 Å². The Hall–Kier alpha value is -1.05. The summed E-state index contributed by atoms with van der Waals surface area (Å²) in [4.78, 5) is 15.0. The zero-order valence-corrected chi connectivity index (χ0v) is 11.9. The monoisotopic (exact) mass is 247 g/mol. The van der Waals surface area contributed by atoms with E-state index in [4.69, 9.17) is 0 Å². The molecule has 1 aliphatic heterocycles. The van der Waals surface area contributed by atoms with Gasteiger partial charge in [-0.3, -0.25) is 4.79 Å². The molecular weight excluding hydrogens is 222 g/mol. The Labute approximate surface area is 111 Å². The SMILES string of the molecule is CCC[C@@H]1CCCN1C(=O)[C@@]1(C)C=CCC=C1C. The van der Waals surface area contributed by atoms with Crippen LogP contribution in [0.15, 0.2) is 23.8 Å². The van der Waals surface area contributed by atoms with Gasteiger partial charge in [-0.1, -0.05) is 37.1 Å². The van der Waals surface area contributed by atoms with Gasteiger partial charge in [0, 0.05) is 12.6 Å². The highest BCUT2D eigenvalue weighted by atomic mass is 16.2. The molecule has 0 aromatic heterocycles. The molecule has 1 heterocycles. The lowest BCUT2D eigenvalue weighted by atomic mass is 9.78. The molecule has 18 heavy (non-hydrogen) atoms. The van der Waals surface area contributed by atoms with Crippen molar-refractivity contribution in [3.05, 3.63) is 23.8 Å². The molecule has 2 nitrogen and oxygen atoms in total. The van der Waals surface area contributed by atoms with E-state index in [-0.39, 0.29) is 0 Å². The predicted molar refractivity (Wildman–Crippen MR) is 75.3 cm³/mol. The molecule has 2 heteroatoms. The molecule has 1 amide bonds. The van der Waals surface area contributed by atoms with Crippen LogP contribution in [0.1, 0.15) is 52.9 Å². The zero-order chi connectivity index (χ0) is 13.2. The molecule has 0 unspecified atom stereocenters. The fourth-order valence-corrected chi connectivity index (χ4v) is 3.17. The highest BCUT2D eigenvalue weighted by molar-refractivity contribution is 5.88. The molecule has 0 bridgehead atoms. The van der Waals surface area contributed by atoms with Crippen LogP contribution in [0, 0.1) is 5.41 Å². The lowest BCUT2D eigenvalue weighted by Crippen LogP contribution is -2.45. The molecule has 0 radical (unpaired) electrons. The normalized spacial score (nSPS) is 31.6. The molecule has 0 spiro atoms. The second-order valence-corrected chi connectivity index (χ2v) is 5.81. The molecule has 1 saturated heterocycles. The minimum atomic E-state index is -0.394. The number of allylic oxidation sites excluding steroid dienone is 2. The smallest absolute Gasteiger partial charge is 0.236 e. The summed E-state index contributed by atoms with van der Waals surface area (Å²) in [5.41, 5.74) is 0.811. The van der Waals surface area contributed by atoms with Crippen LogP contribution in [0.25, 0.3) is 0 Å². The Kier molecular flexibility index (Phi) is 3.94. The first-order chi connectivity index (χ1) is 8.59. The number of hydrogen-bond donors (Lipinski definition) is 0. The van der Waals surface area contributed by atoms with Gasteiger partial charge in [-0.15, -0.1) is 0 Å². The van der Waals surface area contributed by atoms with Gasteiger partial charge in [-0.25, -0.2) is 0 Å². The maximum atomic E-state index is 12.9. The highest BCUT2D eigenvalue weighted by Crippen LogP contribution is 2.37. The average molecular weight is 247 g/mol. The summed E-state index contributed by atoms with van der Waals surface area (Å²) in [5.74, 6) is 0.308. The molecule has 1 fully saturated rings. The summed E-state index contributed by atoms with van der Waals surface area (Å²) in [5, 5.41) is 0.